The quantitative estimate of drug-likeness (QED) is 0.194. The fourth-order valence-corrected chi connectivity index (χ4v) is 9.84. The highest BCUT2D eigenvalue weighted by atomic mass is 15.0. The van der Waals surface area contributed by atoms with Crippen LogP contribution in [0.4, 0.5) is 11.4 Å². The molecule has 2 nitrogen and oxygen atoms in total. The molecule has 0 fully saturated rings. The van der Waals surface area contributed by atoms with Crippen LogP contribution in [0.25, 0.3) is 71.6 Å². The van der Waals surface area contributed by atoms with Crippen LogP contribution in [0.15, 0.2) is 200 Å². The number of benzene rings is 9. The van der Waals surface area contributed by atoms with Gasteiger partial charge in [-0.2, -0.15) is 0 Å². The fraction of sp³-hybridized carbons (Fsp3) is 0.0189. The molecule has 0 aliphatic heterocycles. The van der Waals surface area contributed by atoms with E-state index >= 15 is 0 Å². The van der Waals surface area contributed by atoms with Gasteiger partial charge in [-0.3, -0.25) is 0 Å². The zero-order valence-electron chi connectivity index (χ0n) is 30.0. The first-order chi connectivity index (χ1) is 27.3. The van der Waals surface area contributed by atoms with Gasteiger partial charge in [-0.15, -0.1) is 0 Å². The number of anilines is 2. The summed E-state index contributed by atoms with van der Waals surface area (Å²) in [7, 11) is 0. The van der Waals surface area contributed by atoms with Gasteiger partial charge in [-0.1, -0.05) is 140 Å². The average molecular weight is 699 g/mol. The van der Waals surface area contributed by atoms with Crippen molar-refractivity contribution in [2.24, 2.45) is 0 Å². The lowest BCUT2D eigenvalue weighted by Gasteiger charge is -2.31. The molecule has 10 aromatic rings. The molecule has 0 saturated heterocycles. The summed E-state index contributed by atoms with van der Waals surface area (Å²) in [5, 5.41) is 8.86. The summed E-state index contributed by atoms with van der Waals surface area (Å²) in [4.78, 5) is 0. The largest absolute Gasteiger partial charge is 0.355 e. The number of nitrogens with one attached hydrogen (secondary N) is 1. The van der Waals surface area contributed by atoms with Crippen LogP contribution in [0.5, 0.6) is 0 Å². The van der Waals surface area contributed by atoms with Crippen molar-refractivity contribution in [3.05, 3.63) is 222 Å². The highest BCUT2D eigenvalue weighted by Crippen LogP contribution is 2.63. The molecule has 0 bridgehead atoms. The average Bonchev–Trinajstić information content (AvgIpc) is 3.85. The predicted molar refractivity (Wildman–Crippen MR) is 230 cm³/mol. The van der Waals surface area contributed by atoms with Crippen LogP contribution in [-0.2, 0) is 5.41 Å². The molecule has 9 aromatic carbocycles. The first kappa shape index (κ1) is 30.3. The van der Waals surface area contributed by atoms with Crippen molar-refractivity contribution in [2.45, 2.75) is 5.41 Å². The molecular formula is C53H34N2. The monoisotopic (exact) mass is 698 g/mol. The number of hydrogen-bond donors (Lipinski definition) is 1. The van der Waals surface area contributed by atoms with Crippen molar-refractivity contribution in [1.82, 2.24) is 4.57 Å². The Morgan fingerprint density at radius 1 is 0.345 bits per heavy atom. The Morgan fingerprint density at radius 2 is 0.909 bits per heavy atom. The third-order valence-electron chi connectivity index (χ3n) is 12.1. The Morgan fingerprint density at radius 3 is 1.73 bits per heavy atom. The Balaban J connectivity index is 1.04. The minimum absolute atomic E-state index is 0.449. The summed E-state index contributed by atoms with van der Waals surface area (Å²) in [6.45, 7) is 0. The number of para-hydroxylation sites is 2. The van der Waals surface area contributed by atoms with E-state index in [-0.39, 0.29) is 0 Å². The second-order valence-corrected chi connectivity index (χ2v) is 15.0. The van der Waals surface area contributed by atoms with E-state index < -0.39 is 5.41 Å². The molecule has 256 valence electrons. The highest BCUT2D eigenvalue weighted by Gasteiger charge is 2.51. The molecule has 1 aromatic heterocycles. The van der Waals surface area contributed by atoms with Gasteiger partial charge in [0.2, 0.25) is 0 Å². The molecule has 0 atom stereocenters. The van der Waals surface area contributed by atoms with Gasteiger partial charge in [0.25, 0.3) is 0 Å². The van der Waals surface area contributed by atoms with Crippen molar-refractivity contribution in [3.63, 3.8) is 0 Å². The molecule has 55 heavy (non-hydrogen) atoms. The van der Waals surface area contributed by atoms with Crippen molar-refractivity contribution in [1.29, 1.82) is 0 Å². The molecule has 2 aliphatic rings. The van der Waals surface area contributed by atoms with Crippen LogP contribution in [0, 0.1) is 0 Å². The van der Waals surface area contributed by atoms with Gasteiger partial charge in [0, 0.05) is 27.8 Å². The lowest BCUT2D eigenvalue weighted by Crippen LogP contribution is -2.26. The van der Waals surface area contributed by atoms with Gasteiger partial charge in [-0.25, -0.2) is 0 Å². The molecule has 2 aliphatic carbocycles. The first-order valence-electron chi connectivity index (χ1n) is 19.1. The van der Waals surface area contributed by atoms with Crippen LogP contribution in [0.2, 0.25) is 0 Å². The van der Waals surface area contributed by atoms with Gasteiger partial charge in [0.15, 0.2) is 0 Å². The second-order valence-electron chi connectivity index (χ2n) is 15.0. The molecule has 1 heterocycles. The normalized spacial score (nSPS) is 13.2. The number of aromatic nitrogens is 1. The molecule has 1 N–H and O–H groups in total. The molecule has 0 saturated carbocycles. The van der Waals surface area contributed by atoms with Crippen LogP contribution in [0.1, 0.15) is 22.3 Å². The fourth-order valence-electron chi connectivity index (χ4n) is 9.84. The maximum atomic E-state index is 3.87. The van der Waals surface area contributed by atoms with Crippen LogP contribution < -0.4 is 5.32 Å². The summed E-state index contributed by atoms with van der Waals surface area (Å²) in [6, 6.07) is 73.9. The van der Waals surface area contributed by atoms with E-state index in [0.717, 1.165) is 11.4 Å². The molecule has 1 spiro atoms. The number of nitrogens with zero attached hydrogens (tertiary/aromatic N) is 1. The van der Waals surface area contributed by atoms with Crippen molar-refractivity contribution >= 4 is 44.0 Å². The van der Waals surface area contributed by atoms with Crippen molar-refractivity contribution in [2.75, 3.05) is 5.32 Å². The van der Waals surface area contributed by atoms with E-state index in [4.69, 9.17) is 0 Å². The smallest absolute Gasteiger partial charge is 0.0726 e. The first-order valence-corrected chi connectivity index (χ1v) is 19.1. The summed E-state index contributed by atoms with van der Waals surface area (Å²) in [5.74, 6) is 0. The predicted octanol–water partition coefficient (Wildman–Crippen LogP) is 13.7. The lowest BCUT2D eigenvalue weighted by molar-refractivity contribution is 0.794. The lowest BCUT2D eigenvalue weighted by atomic mass is 9.70. The summed E-state index contributed by atoms with van der Waals surface area (Å²) in [5.41, 5.74) is 18.3. The van der Waals surface area contributed by atoms with E-state index in [1.807, 2.05) is 0 Å². The van der Waals surface area contributed by atoms with Gasteiger partial charge >= 0.3 is 0 Å². The Kier molecular flexibility index (Phi) is 6.29. The molecule has 0 amide bonds. The highest BCUT2D eigenvalue weighted by molar-refractivity contribution is 6.10. The SMILES string of the molecule is c1ccc(-n2c3ccccc3c3cc(Nc4ccc5c(c4)C4(c6ccccc6-c6ccccc64)c4cc(-c6ccc7ccccc7c6)ccc4-5)ccc32)cc1. The molecule has 2 heteroatoms. The molecule has 0 radical (unpaired) electrons. The van der Waals surface area contributed by atoms with Crippen LogP contribution in [0.3, 0.4) is 0 Å². The Labute approximate surface area is 319 Å². The van der Waals surface area contributed by atoms with Gasteiger partial charge in [-0.05, 0) is 127 Å². The van der Waals surface area contributed by atoms with Gasteiger partial charge < -0.3 is 9.88 Å². The van der Waals surface area contributed by atoms with E-state index in [2.05, 4.69) is 210 Å². The summed E-state index contributed by atoms with van der Waals surface area (Å²) < 4.78 is 2.37. The molecule has 12 rings (SSSR count). The third-order valence-corrected chi connectivity index (χ3v) is 12.1. The van der Waals surface area contributed by atoms with Crippen molar-refractivity contribution in [3.8, 4) is 39.1 Å². The van der Waals surface area contributed by atoms with Gasteiger partial charge in [0.1, 0.15) is 0 Å². The van der Waals surface area contributed by atoms with Crippen molar-refractivity contribution < 1.29 is 0 Å². The van der Waals surface area contributed by atoms with E-state index in [9.17, 15) is 0 Å². The van der Waals surface area contributed by atoms with E-state index in [1.165, 1.54) is 93.9 Å². The van der Waals surface area contributed by atoms with Crippen LogP contribution >= 0.6 is 0 Å². The molecular weight excluding hydrogens is 665 g/mol. The zero-order chi connectivity index (χ0) is 36.1. The second kappa shape index (κ2) is 11.4. The minimum Gasteiger partial charge on any atom is -0.355 e. The van der Waals surface area contributed by atoms with Gasteiger partial charge in [0.05, 0.1) is 16.4 Å². The van der Waals surface area contributed by atoms with E-state index in [0.29, 0.717) is 0 Å². The van der Waals surface area contributed by atoms with Crippen LogP contribution in [-0.4, -0.2) is 4.57 Å². The summed E-state index contributed by atoms with van der Waals surface area (Å²) >= 11 is 0. The number of rotatable bonds is 4. The van der Waals surface area contributed by atoms with E-state index in [1.54, 1.807) is 0 Å². The maximum absolute atomic E-state index is 3.87. The standard InChI is InChI=1S/C53H34N2/c1-2-14-40(15-3-1)55-51-21-11-8-18-45(51)46-32-38(26-29-52(46)55)54-39-25-28-44-43-27-24-37(36-23-22-34-12-4-5-13-35(34)30-36)31-49(43)53(50(44)33-39)47-19-9-6-16-41(47)42-17-7-10-20-48(42)53/h1-33,54H. The maximum Gasteiger partial charge on any atom is 0.0726 e. The Hall–Kier alpha value is -7.16. The third kappa shape index (κ3) is 4.25. The summed E-state index contributed by atoms with van der Waals surface area (Å²) in [6.07, 6.45) is 0. The number of hydrogen-bond acceptors (Lipinski definition) is 1. The zero-order valence-corrected chi connectivity index (χ0v) is 30.0. The minimum atomic E-state index is -0.449. The molecule has 0 unspecified atom stereocenters. The topological polar surface area (TPSA) is 17.0 Å². The number of fused-ring (bicyclic) bond motifs is 14. The Bertz CT molecular complexity index is 3140.